The van der Waals surface area contributed by atoms with E-state index in [1.165, 1.54) is 30.1 Å². The van der Waals surface area contributed by atoms with Gasteiger partial charge in [0.25, 0.3) is 0 Å². The number of carbonyl (C=O) groups is 2. The second-order valence-electron chi connectivity index (χ2n) is 9.08. The second-order valence-corrected chi connectivity index (χ2v) is 9.08. The van der Waals surface area contributed by atoms with Crippen LogP contribution < -0.4 is 10.1 Å². The Hall–Kier alpha value is -3.24. The smallest absolute Gasteiger partial charge is 0.407 e. The number of rotatable bonds is 9. The number of ether oxygens (including phenoxy) is 2. The monoisotopic (exact) mass is 475 g/mol. The molecule has 0 radical (unpaired) electrons. The van der Waals surface area contributed by atoms with E-state index < -0.39 is 23.8 Å². The maximum absolute atomic E-state index is 14.5. The average Bonchev–Trinajstić information content (AvgIpc) is 3.15. The van der Waals surface area contributed by atoms with Crippen LogP contribution in [-0.4, -0.2) is 55.5 Å². The number of aliphatic carboxylic acids is 1. The first-order chi connectivity index (χ1) is 16.3. The molecule has 2 aromatic heterocycles. The highest BCUT2D eigenvalue weighted by Gasteiger charge is 2.44. The molecule has 4 rings (SSSR count). The van der Waals surface area contributed by atoms with Crippen LogP contribution in [0.1, 0.15) is 57.1 Å². The zero-order chi connectivity index (χ0) is 24.1. The van der Waals surface area contributed by atoms with Crippen molar-refractivity contribution in [3.63, 3.8) is 0 Å². The van der Waals surface area contributed by atoms with Gasteiger partial charge in [0.2, 0.25) is 5.67 Å². The third-order valence-electron chi connectivity index (χ3n) is 6.64. The fourth-order valence-corrected chi connectivity index (χ4v) is 4.33. The zero-order valence-corrected chi connectivity index (χ0v) is 19.2. The van der Waals surface area contributed by atoms with E-state index in [9.17, 15) is 14.0 Å². The standard InChI is InChI=1S/C23H30FN5O5/c1-29-19(14-33-22(32)25-11-9-15-4-2-5-15)20(27-28-29)18-8-7-17(13-26-18)34-16-6-3-10-23(24,12-16)21(30)31/h7-8,13,15-16H,2-6,9-12,14H2,1H3,(H,25,32)(H,30,31). The summed E-state index contributed by atoms with van der Waals surface area (Å²) in [5.74, 6) is -0.323. The predicted octanol–water partition coefficient (Wildman–Crippen LogP) is 3.41. The molecule has 0 aromatic carbocycles. The number of nitrogens with one attached hydrogen (secondary N) is 1. The number of nitrogens with zero attached hydrogens (tertiary/aromatic N) is 4. The molecule has 2 aromatic rings. The molecule has 184 valence electrons. The molecule has 2 aliphatic carbocycles. The molecule has 2 unspecified atom stereocenters. The third kappa shape index (κ3) is 5.63. The van der Waals surface area contributed by atoms with Gasteiger partial charge in [0.05, 0.1) is 11.9 Å². The maximum atomic E-state index is 14.5. The minimum Gasteiger partial charge on any atom is -0.489 e. The summed E-state index contributed by atoms with van der Waals surface area (Å²) < 4.78 is 27.1. The summed E-state index contributed by atoms with van der Waals surface area (Å²) in [5.41, 5.74) is -0.679. The van der Waals surface area contributed by atoms with Crippen LogP contribution in [0.4, 0.5) is 9.18 Å². The Morgan fingerprint density at radius 3 is 2.79 bits per heavy atom. The molecular formula is C23H30FN5O5. The van der Waals surface area contributed by atoms with E-state index in [1.54, 1.807) is 19.2 Å². The van der Waals surface area contributed by atoms with Crippen LogP contribution >= 0.6 is 0 Å². The number of amides is 1. The van der Waals surface area contributed by atoms with Gasteiger partial charge in [0.15, 0.2) is 0 Å². The quantitative estimate of drug-likeness (QED) is 0.565. The Morgan fingerprint density at radius 2 is 2.12 bits per heavy atom. The highest BCUT2D eigenvalue weighted by Crippen LogP contribution is 2.34. The van der Waals surface area contributed by atoms with E-state index in [1.807, 2.05) is 0 Å². The third-order valence-corrected chi connectivity index (χ3v) is 6.64. The minimum absolute atomic E-state index is 0.00452. The van der Waals surface area contributed by atoms with E-state index in [4.69, 9.17) is 14.6 Å². The number of carboxylic acid groups (broad SMARTS) is 1. The van der Waals surface area contributed by atoms with Crippen LogP contribution in [0.25, 0.3) is 11.4 Å². The van der Waals surface area contributed by atoms with Crippen molar-refractivity contribution in [3.05, 3.63) is 24.0 Å². The molecule has 0 spiro atoms. The fraction of sp³-hybridized carbons (Fsp3) is 0.609. The first-order valence-corrected chi connectivity index (χ1v) is 11.7. The summed E-state index contributed by atoms with van der Waals surface area (Å²) >= 11 is 0. The van der Waals surface area contributed by atoms with Crippen LogP contribution in [0.15, 0.2) is 18.3 Å². The van der Waals surface area contributed by atoms with Crippen LogP contribution in [-0.2, 0) is 23.2 Å². The molecule has 2 fully saturated rings. The van der Waals surface area contributed by atoms with Crippen molar-refractivity contribution in [2.45, 2.75) is 69.7 Å². The van der Waals surface area contributed by atoms with Crippen LogP contribution in [0.2, 0.25) is 0 Å². The number of pyridine rings is 1. The number of aromatic nitrogens is 4. The number of hydrogen-bond acceptors (Lipinski definition) is 7. The SMILES string of the molecule is Cn1nnc(-c2ccc(OC3CCCC(F)(C(=O)O)C3)cn2)c1COC(=O)NCCC1CCC1. The molecule has 10 nitrogen and oxygen atoms in total. The molecule has 1 amide bonds. The van der Waals surface area contributed by atoms with Crippen molar-refractivity contribution >= 4 is 12.1 Å². The highest BCUT2D eigenvalue weighted by atomic mass is 19.1. The molecule has 2 N–H and O–H groups in total. The van der Waals surface area contributed by atoms with Gasteiger partial charge in [-0.15, -0.1) is 5.10 Å². The van der Waals surface area contributed by atoms with E-state index in [2.05, 4.69) is 20.6 Å². The summed E-state index contributed by atoms with van der Waals surface area (Å²) in [5, 5.41) is 20.1. The summed E-state index contributed by atoms with van der Waals surface area (Å²) in [6.45, 7) is 0.587. The molecule has 2 aliphatic rings. The topological polar surface area (TPSA) is 128 Å². The fourth-order valence-electron chi connectivity index (χ4n) is 4.33. The Morgan fingerprint density at radius 1 is 1.29 bits per heavy atom. The molecule has 34 heavy (non-hydrogen) atoms. The number of carboxylic acids is 1. The number of alkyl carbamates (subject to hydrolysis) is 1. The predicted molar refractivity (Wildman–Crippen MR) is 119 cm³/mol. The highest BCUT2D eigenvalue weighted by molar-refractivity contribution is 5.77. The summed E-state index contributed by atoms with van der Waals surface area (Å²) in [6, 6.07) is 3.36. The van der Waals surface area contributed by atoms with Crippen molar-refractivity contribution in [2.24, 2.45) is 13.0 Å². The lowest BCUT2D eigenvalue weighted by molar-refractivity contribution is -0.155. The molecule has 0 aliphatic heterocycles. The van der Waals surface area contributed by atoms with Crippen molar-refractivity contribution in [1.29, 1.82) is 0 Å². The normalized spacial score (nSPS) is 22.6. The van der Waals surface area contributed by atoms with Crippen molar-refractivity contribution < 1.29 is 28.6 Å². The van der Waals surface area contributed by atoms with Gasteiger partial charge >= 0.3 is 12.1 Å². The van der Waals surface area contributed by atoms with Crippen molar-refractivity contribution in [3.8, 4) is 17.1 Å². The zero-order valence-electron chi connectivity index (χ0n) is 19.2. The molecule has 2 saturated carbocycles. The number of halogens is 1. The molecular weight excluding hydrogens is 445 g/mol. The van der Waals surface area contributed by atoms with Gasteiger partial charge in [0, 0.05) is 20.0 Å². The second kappa shape index (κ2) is 10.4. The molecule has 0 bridgehead atoms. The minimum atomic E-state index is -2.26. The van der Waals surface area contributed by atoms with E-state index in [0.29, 0.717) is 48.1 Å². The van der Waals surface area contributed by atoms with Gasteiger partial charge < -0.3 is 19.9 Å². The van der Waals surface area contributed by atoms with E-state index in [-0.39, 0.29) is 19.4 Å². The van der Waals surface area contributed by atoms with Crippen LogP contribution in [0.5, 0.6) is 5.75 Å². The lowest BCUT2D eigenvalue weighted by atomic mass is 9.83. The largest absolute Gasteiger partial charge is 0.489 e. The first-order valence-electron chi connectivity index (χ1n) is 11.7. The van der Waals surface area contributed by atoms with Gasteiger partial charge in [-0.2, -0.15) is 0 Å². The van der Waals surface area contributed by atoms with Crippen LogP contribution in [0.3, 0.4) is 0 Å². The maximum Gasteiger partial charge on any atom is 0.407 e. The van der Waals surface area contributed by atoms with Crippen molar-refractivity contribution in [2.75, 3.05) is 6.54 Å². The first kappa shape index (κ1) is 23.9. The van der Waals surface area contributed by atoms with Gasteiger partial charge in [-0.1, -0.05) is 24.5 Å². The summed E-state index contributed by atoms with van der Waals surface area (Å²) in [4.78, 5) is 27.6. The molecule has 11 heteroatoms. The van der Waals surface area contributed by atoms with Crippen LogP contribution in [0, 0.1) is 5.92 Å². The van der Waals surface area contributed by atoms with E-state index >= 15 is 0 Å². The van der Waals surface area contributed by atoms with Crippen molar-refractivity contribution in [1.82, 2.24) is 25.3 Å². The summed E-state index contributed by atoms with van der Waals surface area (Å²) in [7, 11) is 1.70. The van der Waals surface area contributed by atoms with E-state index in [0.717, 1.165) is 6.42 Å². The van der Waals surface area contributed by atoms with Gasteiger partial charge in [-0.25, -0.2) is 18.7 Å². The Labute approximate surface area is 196 Å². The lowest BCUT2D eigenvalue weighted by Gasteiger charge is -2.31. The number of aryl methyl sites for hydroxylation is 1. The van der Waals surface area contributed by atoms with Gasteiger partial charge in [-0.05, 0) is 43.7 Å². The Balaban J connectivity index is 1.33. The molecule has 2 heterocycles. The Kier molecular flexibility index (Phi) is 7.28. The molecule has 2 atom stereocenters. The molecule has 0 saturated heterocycles. The Bertz CT molecular complexity index is 1010. The van der Waals surface area contributed by atoms with Gasteiger partial charge in [-0.3, -0.25) is 4.98 Å². The number of carbonyl (C=O) groups excluding carboxylic acids is 1. The lowest BCUT2D eigenvalue weighted by Crippen LogP contribution is -2.42. The number of hydrogen-bond donors (Lipinski definition) is 2. The average molecular weight is 476 g/mol. The summed E-state index contributed by atoms with van der Waals surface area (Å²) in [6.07, 6.45) is 5.99. The van der Waals surface area contributed by atoms with Gasteiger partial charge in [0.1, 0.15) is 29.8 Å². The number of alkyl halides is 1.